The van der Waals surface area contributed by atoms with E-state index < -0.39 is 6.04 Å². The van der Waals surface area contributed by atoms with Crippen molar-refractivity contribution in [3.63, 3.8) is 0 Å². The Balaban J connectivity index is 1.61. The number of nitrogens with zero attached hydrogens (tertiary/aromatic N) is 2. The highest BCUT2D eigenvalue weighted by molar-refractivity contribution is 6.01. The van der Waals surface area contributed by atoms with E-state index >= 15 is 0 Å². The van der Waals surface area contributed by atoms with Crippen LogP contribution in [-0.2, 0) is 11.4 Å². The van der Waals surface area contributed by atoms with E-state index in [9.17, 15) is 9.59 Å². The zero-order valence-corrected chi connectivity index (χ0v) is 18.5. The smallest absolute Gasteiger partial charge is 0.322 e. The molecule has 2 atom stereocenters. The molecule has 6 nitrogen and oxygen atoms in total. The minimum absolute atomic E-state index is 0.0105. The molecule has 2 aliphatic rings. The molecular formula is C25H29N3O3. The molecule has 3 amide bonds. The van der Waals surface area contributed by atoms with E-state index in [0.717, 1.165) is 16.8 Å². The molecular weight excluding hydrogens is 390 g/mol. The third-order valence-electron chi connectivity index (χ3n) is 6.28. The number of hydrogen-bond acceptors (Lipinski definition) is 3. The van der Waals surface area contributed by atoms with Crippen molar-refractivity contribution in [1.29, 1.82) is 0 Å². The van der Waals surface area contributed by atoms with Gasteiger partial charge >= 0.3 is 6.03 Å². The molecule has 2 aromatic carbocycles. The average Bonchev–Trinajstić information content (AvgIpc) is 3.12. The van der Waals surface area contributed by atoms with Crippen molar-refractivity contribution in [2.75, 3.05) is 13.6 Å². The van der Waals surface area contributed by atoms with Crippen LogP contribution in [0.5, 0.6) is 5.75 Å². The fourth-order valence-corrected chi connectivity index (χ4v) is 4.05. The van der Waals surface area contributed by atoms with Crippen molar-refractivity contribution in [2.45, 2.75) is 39.5 Å². The van der Waals surface area contributed by atoms with Crippen LogP contribution in [0.25, 0.3) is 0 Å². The molecule has 2 aromatic rings. The van der Waals surface area contributed by atoms with Crippen molar-refractivity contribution in [1.82, 2.24) is 15.1 Å². The van der Waals surface area contributed by atoms with Crippen molar-refractivity contribution >= 4 is 11.9 Å². The van der Waals surface area contributed by atoms with Crippen LogP contribution in [0.2, 0.25) is 0 Å². The van der Waals surface area contributed by atoms with E-state index in [2.05, 4.69) is 26.1 Å². The minimum Gasteiger partial charge on any atom is -0.489 e. The summed E-state index contributed by atoms with van der Waals surface area (Å²) in [5.74, 6) is 1.02. The summed E-state index contributed by atoms with van der Waals surface area (Å²) in [6.07, 6.45) is 0. The zero-order chi connectivity index (χ0) is 22.1. The van der Waals surface area contributed by atoms with Gasteiger partial charge in [-0.3, -0.25) is 9.69 Å². The summed E-state index contributed by atoms with van der Waals surface area (Å²) in [4.78, 5) is 29.5. The van der Waals surface area contributed by atoms with Crippen LogP contribution in [-0.4, -0.2) is 41.4 Å². The lowest BCUT2D eigenvalue weighted by Crippen LogP contribution is -2.45. The van der Waals surface area contributed by atoms with Gasteiger partial charge in [-0.2, -0.15) is 0 Å². The Hall–Kier alpha value is -3.28. The fourth-order valence-electron chi connectivity index (χ4n) is 4.05. The van der Waals surface area contributed by atoms with Crippen molar-refractivity contribution in [2.24, 2.45) is 5.92 Å². The highest BCUT2D eigenvalue weighted by Gasteiger charge is 2.44. The summed E-state index contributed by atoms with van der Waals surface area (Å²) in [6.45, 7) is 7.18. The van der Waals surface area contributed by atoms with Crippen LogP contribution in [0.4, 0.5) is 4.79 Å². The Bertz CT molecular complexity index is 1020. The number of likely N-dealkylation sites (N-methyl/N-ethyl adjacent to an activating group) is 1. The molecule has 2 heterocycles. The molecule has 0 radical (unpaired) electrons. The van der Waals surface area contributed by atoms with E-state index in [0.29, 0.717) is 30.4 Å². The first kappa shape index (κ1) is 21.0. The van der Waals surface area contributed by atoms with Gasteiger partial charge in [-0.1, -0.05) is 56.3 Å². The summed E-state index contributed by atoms with van der Waals surface area (Å²) in [5, 5.41) is 3.00. The number of amides is 3. The maximum Gasteiger partial charge on any atom is 0.322 e. The number of nitrogens with one attached hydrogen (secondary N) is 1. The Morgan fingerprint density at radius 1 is 1.06 bits per heavy atom. The molecule has 0 fully saturated rings. The third kappa shape index (κ3) is 4.02. The highest BCUT2D eigenvalue weighted by Crippen LogP contribution is 2.37. The van der Waals surface area contributed by atoms with Crippen LogP contribution in [0.3, 0.4) is 0 Å². The average molecular weight is 420 g/mol. The molecule has 31 heavy (non-hydrogen) atoms. The van der Waals surface area contributed by atoms with E-state index in [1.165, 1.54) is 0 Å². The standard InChI is InChI=1S/C25H29N3O3/c1-16(2)17(3)28-14-21-22(24(28)29)23(26-25(30)27(21)4)19-11-8-12-20(13-19)31-15-18-9-6-5-7-10-18/h5-13,16-17,23H,14-15H2,1-4H3,(H,26,30)/t17-,23+/m0/s1. The number of hydrogen-bond donors (Lipinski definition) is 1. The number of rotatable bonds is 6. The van der Waals surface area contributed by atoms with Gasteiger partial charge in [0.1, 0.15) is 12.4 Å². The Labute approximate surface area is 183 Å². The van der Waals surface area contributed by atoms with Gasteiger partial charge in [-0.15, -0.1) is 0 Å². The van der Waals surface area contributed by atoms with Gasteiger partial charge in [0.15, 0.2) is 0 Å². The maximum atomic E-state index is 13.4. The lowest BCUT2D eigenvalue weighted by molar-refractivity contribution is -0.128. The summed E-state index contributed by atoms with van der Waals surface area (Å²) < 4.78 is 5.97. The van der Waals surface area contributed by atoms with Crippen LogP contribution in [0.1, 0.15) is 37.9 Å². The van der Waals surface area contributed by atoms with Crippen molar-refractivity contribution < 1.29 is 14.3 Å². The van der Waals surface area contributed by atoms with Gasteiger partial charge in [0.05, 0.1) is 23.9 Å². The van der Waals surface area contributed by atoms with E-state index in [4.69, 9.17) is 4.74 Å². The molecule has 2 aliphatic heterocycles. The number of urea groups is 1. The molecule has 0 aliphatic carbocycles. The van der Waals surface area contributed by atoms with Crippen LogP contribution in [0, 0.1) is 5.92 Å². The van der Waals surface area contributed by atoms with Crippen molar-refractivity contribution in [3.8, 4) is 5.75 Å². The Morgan fingerprint density at radius 3 is 2.52 bits per heavy atom. The van der Waals surface area contributed by atoms with Crippen LogP contribution >= 0.6 is 0 Å². The molecule has 0 unspecified atom stereocenters. The molecule has 0 spiro atoms. The van der Waals surface area contributed by atoms with E-state index in [-0.39, 0.29) is 18.0 Å². The lowest BCUT2D eigenvalue weighted by atomic mass is 9.95. The number of benzene rings is 2. The summed E-state index contributed by atoms with van der Waals surface area (Å²) >= 11 is 0. The van der Waals surface area contributed by atoms with Gasteiger partial charge in [-0.05, 0) is 36.1 Å². The van der Waals surface area contributed by atoms with Gasteiger partial charge in [0.25, 0.3) is 5.91 Å². The minimum atomic E-state index is -0.490. The number of ether oxygens (including phenoxy) is 1. The topological polar surface area (TPSA) is 61.9 Å². The molecule has 162 valence electrons. The predicted octanol–water partition coefficient (Wildman–Crippen LogP) is 4.10. The van der Waals surface area contributed by atoms with E-state index in [1.807, 2.05) is 59.5 Å². The zero-order valence-electron chi connectivity index (χ0n) is 18.5. The molecule has 0 bridgehead atoms. The summed E-state index contributed by atoms with van der Waals surface area (Å²) in [6, 6.07) is 17.0. The third-order valence-corrected chi connectivity index (χ3v) is 6.28. The summed E-state index contributed by atoms with van der Waals surface area (Å²) in [5.41, 5.74) is 3.35. The maximum absolute atomic E-state index is 13.4. The lowest BCUT2D eigenvalue weighted by Gasteiger charge is -2.31. The second-order valence-electron chi connectivity index (χ2n) is 8.57. The molecule has 0 aromatic heterocycles. The first-order valence-electron chi connectivity index (χ1n) is 10.7. The molecule has 4 rings (SSSR count). The molecule has 0 saturated carbocycles. The Kier molecular flexibility index (Phi) is 5.72. The van der Waals surface area contributed by atoms with Crippen LogP contribution in [0.15, 0.2) is 65.9 Å². The highest BCUT2D eigenvalue weighted by atomic mass is 16.5. The summed E-state index contributed by atoms with van der Waals surface area (Å²) in [7, 11) is 1.72. The largest absolute Gasteiger partial charge is 0.489 e. The van der Waals surface area contributed by atoms with Crippen molar-refractivity contribution in [3.05, 3.63) is 77.0 Å². The quantitative estimate of drug-likeness (QED) is 0.767. The first-order valence-corrected chi connectivity index (χ1v) is 10.7. The number of carbonyl (C=O) groups excluding carboxylic acids is 2. The second kappa shape index (κ2) is 8.46. The molecule has 0 saturated heterocycles. The van der Waals surface area contributed by atoms with Gasteiger partial charge in [0, 0.05) is 13.1 Å². The number of carbonyl (C=O) groups is 2. The monoisotopic (exact) mass is 419 g/mol. The fraction of sp³-hybridized carbons (Fsp3) is 0.360. The Morgan fingerprint density at radius 2 is 1.81 bits per heavy atom. The normalized spacial score (nSPS) is 19.6. The molecule has 1 N–H and O–H groups in total. The van der Waals surface area contributed by atoms with Crippen LogP contribution < -0.4 is 10.1 Å². The van der Waals surface area contributed by atoms with E-state index in [1.54, 1.807) is 11.9 Å². The molecule has 6 heteroatoms. The first-order chi connectivity index (χ1) is 14.9. The van der Waals surface area contributed by atoms with Gasteiger partial charge in [0.2, 0.25) is 0 Å². The predicted molar refractivity (Wildman–Crippen MR) is 119 cm³/mol. The SMILES string of the molecule is CC(C)[C@H](C)N1CC2=C(C1=O)[C@@H](c1cccc(OCc3ccccc3)c1)NC(=O)N2C. The van der Waals surface area contributed by atoms with Gasteiger partial charge < -0.3 is 15.0 Å². The second-order valence-corrected chi connectivity index (χ2v) is 8.57. The van der Waals surface area contributed by atoms with Gasteiger partial charge in [-0.25, -0.2) is 4.79 Å².